The Labute approximate surface area is 86.7 Å². The predicted octanol–water partition coefficient (Wildman–Crippen LogP) is 3.44. The molecule has 0 spiro atoms. The van der Waals surface area contributed by atoms with E-state index in [1.807, 2.05) is 0 Å². The zero-order valence-corrected chi connectivity index (χ0v) is 8.40. The average molecular weight is 215 g/mol. The summed E-state index contributed by atoms with van der Waals surface area (Å²) in [6.45, 7) is 0. The van der Waals surface area contributed by atoms with Gasteiger partial charge in [-0.05, 0) is 24.1 Å². The standard InChI is InChI=1S/C10H8Cl2O/c11-7-2-1-3-8(12)10(7)6-4-5-9(6)13/h1-3,6H,4-5H2. The van der Waals surface area contributed by atoms with Crippen molar-refractivity contribution in [3.8, 4) is 0 Å². The number of benzene rings is 1. The first-order valence-corrected chi connectivity index (χ1v) is 4.92. The predicted molar refractivity (Wildman–Crippen MR) is 53.4 cm³/mol. The second-order valence-electron chi connectivity index (χ2n) is 3.19. The molecule has 3 heteroatoms. The highest BCUT2D eigenvalue weighted by Crippen LogP contribution is 2.40. The van der Waals surface area contributed by atoms with Gasteiger partial charge in [0, 0.05) is 22.4 Å². The first kappa shape index (κ1) is 9.04. The molecule has 1 aliphatic rings. The molecule has 1 saturated carbocycles. The molecule has 1 atom stereocenters. The van der Waals surface area contributed by atoms with Crippen LogP contribution >= 0.6 is 23.2 Å². The highest BCUT2D eigenvalue weighted by atomic mass is 35.5. The van der Waals surface area contributed by atoms with Crippen molar-refractivity contribution in [3.05, 3.63) is 33.8 Å². The number of carbonyl (C=O) groups is 1. The van der Waals surface area contributed by atoms with E-state index >= 15 is 0 Å². The Kier molecular flexibility index (Phi) is 2.31. The Balaban J connectivity index is 2.44. The molecule has 1 aromatic carbocycles. The van der Waals surface area contributed by atoms with Crippen molar-refractivity contribution in [1.82, 2.24) is 0 Å². The largest absolute Gasteiger partial charge is 0.299 e. The lowest BCUT2D eigenvalue weighted by Crippen LogP contribution is -2.23. The Bertz CT molecular complexity index is 340. The summed E-state index contributed by atoms with van der Waals surface area (Å²) in [4.78, 5) is 11.2. The zero-order valence-electron chi connectivity index (χ0n) is 6.89. The minimum Gasteiger partial charge on any atom is -0.299 e. The Morgan fingerprint density at radius 1 is 1.23 bits per heavy atom. The lowest BCUT2D eigenvalue weighted by molar-refractivity contribution is -0.125. The van der Waals surface area contributed by atoms with Crippen LogP contribution in [0.2, 0.25) is 10.0 Å². The van der Waals surface area contributed by atoms with Crippen LogP contribution in [0.1, 0.15) is 24.3 Å². The molecule has 0 aromatic heterocycles. The fourth-order valence-corrected chi connectivity index (χ4v) is 2.22. The van der Waals surface area contributed by atoms with Gasteiger partial charge in [0.2, 0.25) is 0 Å². The highest BCUT2D eigenvalue weighted by molar-refractivity contribution is 6.36. The molecular formula is C10H8Cl2O. The van der Waals surface area contributed by atoms with Gasteiger partial charge in [-0.2, -0.15) is 0 Å². The van der Waals surface area contributed by atoms with Crippen LogP contribution in [0, 0.1) is 0 Å². The third-order valence-corrected chi connectivity index (χ3v) is 3.08. The molecule has 0 saturated heterocycles. The van der Waals surface area contributed by atoms with E-state index in [1.165, 1.54) is 0 Å². The van der Waals surface area contributed by atoms with Crippen molar-refractivity contribution < 1.29 is 4.79 Å². The molecule has 68 valence electrons. The summed E-state index contributed by atoms with van der Waals surface area (Å²) in [6, 6.07) is 5.33. The molecule has 1 nitrogen and oxygen atoms in total. The monoisotopic (exact) mass is 214 g/mol. The van der Waals surface area contributed by atoms with Crippen LogP contribution in [0.5, 0.6) is 0 Å². The lowest BCUT2D eigenvalue weighted by atomic mass is 9.78. The fourth-order valence-electron chi connectivity index (χ4n) is 1.56. The third kappa shape index (κ3) is 1.47. The van der Waals surface area contributed by atoms with Gasteiger partial charge in [-0.1, -0.05) is 29.3 Å². The molecule has 0 aliphatic heterocycles. The van der Waals surface area contributed by atoms with Gasteiger partial charge in [-0.3, -0.25) is 4.79 Å². The van der Waals surface area contributed by atoms with Crippen molar-refractivity contribution >= 4 is 29.0 Å². The molecular weight excluding hydrogens is 207 g/mol. The Morgan fingerprint density at radius 3 is 2.23 bits per heavy atom. The summed E-state index contributed by atoms with van der Waals surface area (Å²) in [5.74, 6) is 0.191. The van der Waals surface area contributed by atoms with Crippen molar-refractivity contribution in [2.45, 2.75) is 18.8 Å². The molecule has 13 heavy (non-hydrogen) atoms. The van der Waals surface area contributed by atoms with Gasteiger partial charge in [0.25, 0.3) is 0 Å². The molecule has 1 aliphatic carbocycles. The molecule has 0 heterocycles. The highest BCUT2D eigenvalue weighted by Gasteiger charge is 2.32. The van der Waals surface area contributed by atoms with E-state index in [1.54, 1.807) is 18.2 Å². The molecule has 1 fully saturated rings. The maximum atomic E-state index is 11.2. The summed E-state index contributed by atoms with van der Waals surface area (Å²) in [7, 11) is 0. The summed E-state index contributed by atoms with van der Waals surface area (Å²) >= 11 is 11.9. The van der Waals surface area contributed by atoms with E-state index in [-0.39, 0.29) is 11.7 Å². The maximum absolute atomic E-state index is 11.2. The minimum atomic E-state index is -0.0544. The third-order valence-electron chi connectivity index (χ3n) is 2.42. The fraction of sp³-hybridized carbons (Fsp3) is 0.300. The van der Waals surface area contributed by atoms with Gasteiger partial charge in [-0.25, -0.2) is 0 Å². The first-order chi connectivity index (χ1) is 6.20. The summed E-state index contributed by atoms with van der Waals surface area (Å²) in [5.41, 5.74) is 0.807. The van der Waals surface area contributed by atoms with Crippen LogP contribution in [-0.2, 0) is 4.79 Å². The number of carbonyl (C=O) groups excluding carboxylic acids is 1. The SMILES string of the molecule is O=C1CCC1c1c(Cl)cccc1Cl. The van der Waals surface area contributed by atoms with Crippen molar-refractivity contribution in [2.24, 2.45) is 0 Å². The van der Waals surface area contributed by atoms with Crippen LogP contribution in [-0.4, -0.2) is 5.78 Å². The minimum absolute atomic E-state index is 0.0544. The van der Waals surface area contributed by atoms with Crippen LogP contribution in [0.3, 0.4) is 0 Å². The van der Waals surface area contributed by atoms with Gasteiger partial charge >= 0.3 is 0 Å². The van der Waals surface area contributed by atoms with Gasteiger partial charge in [0.05, 0.1) is 0 Å². The zero-order chi connectivity index (χ0) is 9.42. The normalized spacial score (nSPS) is 21.4. The second kappa shape index (κ2) is 3.32. The number of hydrogen-bond donors (Lipinski definition) is 0. The Morgan fingerprint density at radius 2 is 1.85 bits per heavy atom. The van der Waals surface area contributed by atoms with E-state index < -0.39 is 0 Å². The quantitative estimate of drug-likeness (QED) is 0.701. The Hall–Kier alpha value is -0.530. The number of hydrogen-bond acceptors (Lipinski definition) is 1. The average Bonchev–Trinajstić information content (AvgIpc) is 2.09. The number of ketones is 1. The first-order valence-electron chi connectivity index (χ1n) is 4.17. The lowest BCUT2D eigenvalue weighted by Gasteiger charge is -2.25. The van der Waals surface area contributed by atoms with Gasteiger partial charge in [-0.15, -0.1) is 0 Å². The topological polar surface area (TPSA) is 17.1 Å². The maximum Gasteiger partial charge on any atom is 0.140 e. The molecule has 0 bridgehead atoms. The van der Waals surface area contributed by atoms with Crippen molar-refractivity contribution in [2.75, 3.05) is 0 Å². The molecule has 1 aromatic rings. The van der Waals surface area contributed by atoms with E-state index in [0.29, 0.717) is 16.5 Å². The van der Waals surface area contributed by atoms with Crippen molar-refractivity contribution in [3.63, 3.8) is 0 Å². The van der Waals surface area contributed by atoms with E-state index in [9.17, 15) is 4.79 Å². The van der Waals surface area contributed by atoms with E-state index in [0.717, 1.165) is 12.0 Å². The van der Waals surface area contributed by atoms with E-state index in [4.69, 9.17) is 23.2 Å². The van der Waals surface area contributed by atoms with Crippen LogP contribution in [0.25, 0.3) is 0 Å². The molecule has 0 amide bonds. The van der Waals surface area contributed by atoms with Crippen LogP contribution in [0.4, 0.5) is 0 Å². The van der Waals surface area contributed by atoms with Crippen LogP contribution < -0.4 is 0 Å². The summed E-state index contributed by atoms with van der Waals surface area (Å²) in [6.07, 6.45) is 1.54. The second-order valence-corrected chi connectivity index (χ2v) is 4.01. The summed E-state index contributed by atoms with van der Waals surface area (Å²) < 4.78 is 0. The van der Waals surface area contributed by atoms with E-state index in [2.05, 4.69) is 0 Å². The number of rotatable bonds is 1. The smallest absolute Gasteiger partial charge is 0.140 e. The van der Waals surface area contributed by atoms with Crippen LogP contribution in [0.15, 0.2) is 18.2 Å². The van der Waals surface area contributed by atoms with Gasteiger partial charge < -0.3 is 0 Å². The molecule has 0 radical (unpaired) electrons. The molecule has 1 unspecified atom stereocenters. The molecule has 2 rings (SSSR count). The number of halogens is 2. The van der Waals surface area contributed by atoms with Gasteiger partial charge in [0.1, 0.15) is 5.78 Å². The number of Topliss-reactive ketones (excluding diaryl/α,β-unsaturated/α-hetero) is 1. The van der Waals surface area contributed by atoms with Crippen molar-refractivity contribution in [1.29, 1.82) is 0 Å². The summed E-state index contributed by atoms with van der Waals surface area (Å²) in [5, 5.41) is 1.20. The van der Waals surface area contributed by atoms with Gasteiger partial charge in [0.15, 0.2) is 0 Å². The molecule has 0 N–H and O–H groups in total.